The Morgan fingerprint density at radius 2 is 1.63 bits per heavy atom. The molecule has 1 unspecified atom stereocenters. The van der Waals surface area contributed by atoms with E-state index in [4.69, 9.17) is 4.74 Å². The molecule has 30 heavy (non-hydrogen) atoms. The van der Waals surface area contributed by atoms with E-state index in [2.05, 4.69) is 36.4 Å². The van der Waals surface area contributed by atoms with E-state index in [0.717, 1.165) is 36.7 Å². The number of allylic oxidation sites excluding steroid dienone is 2. The molecule has 0 spiro atoms. The van der Waals surface area contributed by atoms with Crippen molar-refractivity contribution in [3.05, 3.63) is 71.3 Å². The molecule has 2 aliphatic rings. The Labute approximate surface area is 179 Å². The van der Waals surface area contributed by atoms with E-state index >= 15 is 0 Å². The van der Waals surface area contributed by atoms with Crippen molar-refractivity contribution in [1.29, 1.82) is 0 Å². The molecule has 0 N–H and O–H groups in total. The fourth-order valence-corrected chi connectivity index (χ4v) is 5.32. The lowest BCUT2D eigenvalue weighted by Gasteiger charge is -2.32. The maximum Gasteiger partial charge on any atom is 0.201 e. The van der Waals surface area contributed by atoms with E-state index in [1.165, 1.54) is 37.7 Å². The van der Waals surface area contributed by atoms with Crippen LogP contribution in [0.4, 0.5) is 8.78 Å². The van der Waals surface area contributed by atoms with Gasteiger partial charge in [0.2, 0.25) is 5.82 Å². The molecule has 1 atom stereocenters. The van der Waals surface area contributed by atoms with Gasteiger partial charge in [-0.15, -0.1) is 0 Å². The van der Waals surface area contributed by atoms with Gasteiger partial charge in [-0.25, -0.2) is 4.39 Å². The van der Waals surface area contributed by atoms with E-state index in [-0.39, 0.29) is 5.75 Å². The number of rotatable bonds is 6. The van der Waals surface area contributed by atoms with Gasteiger partial charge in [0.1, 0.15) is 0 Å². The Bertz CT molecular complexity index is 866. The molecule has 160 valence electrons. The van der Waals surface area contributed by atoms with Gasteiger partial charge in [-0.05, 0) is 99.3 Å². The zero-order chi connectivity index (χ0) is 20.9. The van der Waals surface area contributed by atoms with E-state index < -0.39 is 11.6 Å². The number of halogens is 2. The van der Waals surface area contributed by atoms with Crippen LogP contribution < -0.4 is 4.74 Å². The molecular formula is C27H32F2O. The highest BCUT2D eigenvalue weighted by Crippen LogP contribution is 2.41. The summed E-state index contributed by atoms with van der Waals surface area (Å²) in [5.74, 6) is 0.557. The van der Waals surface area contributed by atoms with Crippen molar-refractivity contribution in [3.63, 3.8) is 0 Å². The van der Waals surface area contributed by atoms with Gasteiger partial charge >= 0.3 is 0 Å². The lowest BCUT2D eigenvalue weighted by atomic mass is 9.73. The van der Waals surface area contributed by atoms with Crippen molar-refractivity contribution in [1.82, 2.24) is 0 Å². The largest absolute Gasteiger partial charge is 0.491 e. The van der Waals surface area contributed by atoms with Gasteiger partial charge < -0.3 is 4.74 Å². The Balaban J connectivity index is 1.31. The Hall–Kier alpha value is -2.16. The Kier molecular flexibility index (Phi) is 6.86. The lowest BCUT2D eigenvalue weighted by Crippen LogP contribution is -2.17. The fourth-order valence-electron chi connectivity index (χ4n) is 5.32. The average Bonchev–Trinajstić information content (AvgIpc) is 2.79. The van der Waals surface area contributed by atoms with Gasteiger partial charge in [-0.2, -0.15) is 4.39 Å². The highest BCUT2D eigenvalue weighted by molar-refractivity contribution is 5.67. The lowest BCUT2D eigenvalue weighted by molar-refractivity contribution is 0.261. The summed E-state index contributed by atoms with van der Waals surface area (Å²) >= 11 is 0. The number of hydrogen-bond acceptors (Lipinski definition) is 1. The third-order valence-electron chi connectivity index (χ3n) is 7.00. The third kappa shape index (κ3) is 4.77. The van der Waals surface area contributed by atoms with Crippen molar-refractivity contribution in [2.24, 2.45) is 11.8 Å². The van der Waals surface area contributed by atoms with Crippen molar-refractivity contribution < 1.29 is 13.5 Å². The quantitative estimate of drug-likeness (QED) is 0.470. The zero-order valence-electron chi connectivity index (χ0n) is 17.9. The summed E-state index contributed by atoms with van der Waals surface area (Å²) in [4.78, 5) is 0. The second kappa shape index (κ2) is 9.76. The van der Waals surface area contributed by atoms with Crippen LogP contribution in [0.2, 0.25) is 0 Å². The van der Waals surface area contributed by atoms with Gasteiger partial charge in [0.25, 0.3) is 0 Å². The van der Waals surface area contributed by atoms with Crippen LogP contribution >= 0.6 is 0 Å². The average molecular weight is 411 g/mol. The molecule has 1 saturated carbocycles. The van der Waals surface area contributed by atoms with Gasteiger partial charge in [0.05, 0.1) is 6.61 Å². The summed E-state index contributed by atoms with van der Waals surface area (Å²) in [6.07, 6.45) is 11.5. The van der Waals surface area contributed by atoms with Crippen LogP contribution in [0.1, 0.15) is 75.3 Å². The first-order valence-electron chi connectivity index (χ1n) is 11.5. The molecular weight excluding hydrogens is 378 g/mol. The van der Waals surface area contributed by atoms with Crippen LogP contribution in [0.3, 0.4) is 0 Å². The SMILES string of the molecule is CCOc1ccc(C2=CCC(CC3CCC(c4ccccc4)CC3)CC2)c(F)c1F. The van der Waals surface area contributed by atoms with Crippen molar-refractivity contribution in [3.8, 4) is 5.75 Å². The zero-order valence-corrected chi connectivity index (χ0v) is 17.9. The predicted octanol–water partition coefficient (Wildman–Crippen LogP) is 7.91. The van der Waals surface area contributed by atoms with Crippen LogP contribution in [0.15, 0.2) is 48.5 Å². The van der Waals surface area contributed by atoms with Gasteiger partial charge in [-0.3, -0.25) is 0 Å². The topological polar surface area (TPSA) is 9.23 Å². The maximum atomic E-state index is 14.5. The summed E-state index contributed by atoms with van der Waals surface area (Å²) in [6, 6.07) is 14.1. The molecule has 0 saturated heterocycles. The number of hydrogen-bond donors (Lipinski definition) is 0. The Morgan fingerprint density at radius 1 is 0.867 bits per heavy atom. The highest BCUT2D eigenvalue weighted by Gasteiger charge is 2.26. The standard InChI is InChI=1S/C27H32F2O/c1-2-30-25-17-16-24(26(28)27(25)29)23-14-10-20(11-15-23)18-19-8-12-22(13-9-19)21-6-4-3-5-7-21/h3-7,14,16-17,19-20,22H,2,8-13,15,18H2,1H3. The molecule has 4 rings (SSSR count). The first-order chi connectivity index (χ1) is 14.7. The van der Waals surface area contributed by atoms with Crippen LogP contribution in [0, 0.1) is 23.5 Å². The van der Waals surface area contributed by atoms with Gasteiger partial charge in [0.15, 0.2) is 11.6 Å². The Morgan fingerprint density at radius 3 is 2.30 bits per heavy atom. The van der Waals surface area contributed by atoms with Crippen LogP contribution in [0.5, 0.6) is 5.75 Å². The van der Waals surface area contributed by atoms with E-state index in [9.17, 15) is 8.78 Å². The molecule has 1 fully saturated rings. The molecule has 2 aromatic rings. The third-order valence-corrected chi connectivity index (χ3v) is 7.00. The van der Waals surface area contributed by atoms with Crippen LogP contribution in [-0.2, 0) is 0 Å². The number of ether oxygens (including phenoxy) is 1. The van der Waals surface area contributed by atoms with Crippen molar-refractivity contribution >= 4 is 5.57 Å². The van der Waals surface area contributed by atoms with Crippen molar-refractivity contribution in [2.45, 2.75) is 64.2 Å². The summed E-state index contributed by atoms with van der Waals surface area (Å²) in [5, 5.41) is 0. The fraction of sp³-hybridized carbons (Fsp3) is 0.481. The van der Waals surface area contributed by atoms with Gasteiger partial charge in [0, 0.05) is 5.56 Å². The molecule has 2 aliphatic carbocycles. The van der Waals surface area contributed by atoms with E-state index in [1.807, 2.05) is 0 Å². The molecule has 0 heterocycles. The van der Waals surface area contributed by atoms with E-state index in [1.54, 1.807) is 19.1 Å². The first kappa shape index (κ1) is 21.1. The second-order valence-corrected chi connectivity index (χ2v) is 8.91. The minimum Gasteiger partial charge on any atom is -0.491 e. The molecule has 0 amide bonds. The summed E-state index contributed by atoms with van der Waals surface area (Å²) in [7, 11) is 0. The summed E-state index contributed by atoms with van der Waals surface area (Å²) in [5.41, 5.74) is 2.84. The second-order valence-electron chi connectivity index (χ2n) is 8.91. The highest BCUT2D eigenvalue weighted by atomic mass is 19.2. The molecule has 2 aromatic carbocycles. The molecule has 0 bridgehead atoms. The molecule has 0 aliphatic heterocycles. The maximum absolute atomic E-state index is 14.5. The number of benzene rings is 2. The normalized spacial score (nSPS) is 24.4. The van der Waals surface area contributed by atoms with Crippen LogP contribution in [0.25, 0.3) is 5.57 Å². The van der Waals surface area contributed by atoms with E-state index in [0.29, 0.717) is 18.1 Å². The summed E-state index contributed by atoms with van der Waals surface area (Å²) < 4.78 is 33.9. The minimum atomic E-state index is -0.868. The molecule has 0 aromatic heterocycles. The smallest absolute Gasteiger partial charge is 0.201 e. The summed E-state index contributed by atoms with van der Waals surface area (Å²) in [6.45, 7) is 2.09. The minimum absolute atomic E-state index is 0.000795. The van der Waals surface area contributed by atoms with Crippen molar-refractivity contribution in [2.75, 3.05) is 6.61 Å². The van der Waals surface area contributed by atoms with Gasteiger partial charge in [-0.1, -0.05) is 36.4 Å². The molecule has 1 nitrogen and oxygen atoms in total. The molecule has 3 heteroatoms. The predicted molar refractivity (Wildman–Crippen MR) is 119 cm³/mol. The monoisotopic (exact) mass is 410 g/mol. The molecule has 0 radical (unpaired) electrons. The van der Waals surface area contributed by atoms with Crippen LogP contribution in [-0.4, -0.2) is 6.61 Å². The first-order valence-corrected chi connectivity index (χ1v) is 11.5.